The minimum absolute atomic E-state index is 0.185. The van der Waals surface area contributed by atoms with Crippen LogP contribution in [-0.4, -0.2) is 35.7 Å². The van der Waals surface area contributed by atoms with E-state index in [0.717, 1.165) is 25.3 Å². The number of fused-ring (bicyclic) bond motifs is 3. The Kier molecular flexibility index (Phi) is 4.42. The number of likely N-dealkylation sites (N-methyl/N-ethyl adjacent to an activating group) is 1. The maximum atomic E-state index is 12.4. The molecule has 3 aliphatic rings. The van der Waals surface area contributed by atoms with Crippen molar-refractivity contribution in [2.24, 2.45) is 17.6 Å². The van der Waals surface area contributed by atoms with Crippen LogP contribution in [0.4, 0.5) is 0 Å². The zero-order chi connectivity index (χ0) is 18.5. The Hall–Kier alpha value is -1.68. The van der Waals surface area contributed by atoms with E-state index >= 15 is 0 Å². The van der Waals surface area contributed by atoms with Crippen LogP contribution in [0.25, 0.3) is 0 Å². The largest absolute Gasteiger partial charge is 0.366 e. The van der Waals surface area contributed by atoms with Crippen LogP contribution >= 0.6 is 0 Å². The summed E-state index contributed by atoms with van der Waals surface area (Å²) in [5.41, 5.74) is 8.39. The van der Waals surface area contributed by atoms with Crippen LogP contribution in [0.1, 0.15) is 67.4 Å². The van der Waals surface area contributed by atoms with E-state index in [9.17, 15) is 9.59 Å². The lowest BCUT2D eigenvalue weighted by atomic mass is 9.56. The van der Waals surface area contributed by atoms with Gasteiger partial charge in [0, 0.05) is 36.4 Å². The number of carbonyl (C=O) groups excluding carboxylic acids is 2. The molecule has 0 saturated heterocycles. The van der Waals surface area contributed by atoms with Crippen LogP contribution in [0.5, 0.6) is 0 Å². The first-order chi connectivity index (χ1) is 12.4. The van der Waals surface area contributed by atoms with Crippen molar-refractivity contribution < 1.29 is 9.59 Å². The van der Waals surface area contributed by atoms with E-state index in [0.29, 0.717) is 36.1 Å². The van der Waals surface area contributed by atoms with E-state index in [2.05, 4.69) is 24.8 Å². The molecule has 0 bridgehead atoms. The summed E-state index contributed by atoms with van der Waals surface area (Å²) in [4.78, 5) is 26.8. The van der Waals surface area contributed by atoms with Crippen LogP contribution in [0.2, 0.25) is 0 Å². The first-order valence-corrected chi connectivity index (χ1v) is 10.1. The van der Waals surface area contributed by atoms with Crippen LogP contribution < -0.4 is 5.73 Å². The smallest absolute Gasteiger partial charge is 0.248 e. The average Bonchev–Trinajstić information content (AvgIpc) is 3.42. The molecule has 4 rings (SSSR count). The monoisotopic (exact) mass is 354 g/mol. The number of nitrogens with two attached hydrogens (primary N) is 1. The third-order valence-corrected chi connectivity index (χ3v) is 7.08. The highest BCUT2D eigenvalue weighted by atomic mass is 16.1. The van der Waals surface area contributed by atoms with Gasteiger partial charge in [-0.05, 0) is 67.3 Å². The number of primary amides is 1. The molecule has 3 aliphatic carbocycles. The van der Waals surface area contributed by atoms with Crippen molar-refractivity contribution in [1.82, 2.24) is 4.90 Å². The van der Waals surface area contributed by atoms with Crippen molar-refractivity contribution in [1.29, 1.82) is 0 Å². The average molecular weight is 354 g/mol. The zero-order valence-corrected chi connectivity index (χ0v) is 16.0. The number of hydrogen-bond donors (Lipinski definition) is 1. The molecule has 26 heavy (non-hydrogen) atoms. The lowest BCUT2D eigenvalue weighted by molar-refractivity contribution is -0.124. The highest BCUT2D eigenvalue weighted by molar-refractivity contribution is 5.93. The fraction of sp³-hybridized carbons (Fsp3) is 0.636. The summed E-state index contributed by atoms with van der Waals surface area (Å²) in [5, 5.41) is 0. The second-order valence-corrected chi connectivity index (χ2v) is 8.82. The fourth-order valence-corrected chi connectivity index (χ4v) is 5.50. The third kappa shape index (κ3) is 2.98. The Morgan fingerprint density at radius 2 is 2.08 bits per heavy atom. The van der Waals surface area contributed by atoms with Crippen molar-refractivity contribution in [3.05, 3.63) is 34.9 Å². The van der Waals surface area contributed by atoms with Gasteiger partial charge in [0.25, 0.3) is 0 Å². The maximum absolute atomic E-state index is 12.4. The molecule has 0 radical (unpaired) electrons. The van der Waals surface area contributed by atoms with Gasteiger partial charge < -0.3 is 5.73 Å². The highest BCUT2D eigenvalue weighted by Gasteiger charge is 2.50. The molecule has 4 nitrogen and oxygen atoms in total. The van der Waals surface area contributed by atoms with Gasteiger partial charge in [0.1, 0.15) is 5.78 Å². The lowest BCUT2D eigenvalue weighted by Gasteiger charge is -2.52. The van der Waals surface area contributed by atoms with Gasteiger partial charge in [-0.15, -0.1) is 0 Å². The number of carbonyl (C=O) groups is 2. The minimum atomic E-state index is -0.388. The van der Waals surface area contributed by atoms with Gasteiger partial charge in [0.05, 0.1) is 0 Å². The number of benzene rings is 1. The Morgan fingerprint density at radius 1 is 1.31 bits per heavy atom. The molecule has 1 aromatic carbocycles. The molecule has 0 unspecified atom stereocenters. The number of rotatable bonds is 5. The number of amides is 1. The number of hydrogen-bond acceptors (Lipinski definition) is 3. The Bertz CT molecular complexity index is 740. The summed E-state index contributed by atoms with van der Waals surface area (Å²) in [6.45, 7) is 6.77. The maximum Gasteiger partial charge on any atom is 0.248 e. The SMILES string of the molecule is CCN(CC1CC1)[C@@H]1Cc2ccc(C(N)=O)cc2[C@@]2(C)CC(=O)CC[C@@H]12. The Balaban J connectivity index is 1.76. The Labute approximate surface area is 156 Å². The molecule has 2 saturated carbocycles. The summed E-state index contributed by atoms with van der Waals surface area (Å²) in [5.74, 6) is 1.30. The van der Waals surface area contributed by atoms with Gasteiger partial charge >= 0.3 is 0 Å². The second-order valence-electron chi connectivity index (χ2n) is 8.82. The molecular formula is C22H30N2O2. The van der Waals surface area contributed by atoms with Gasteiger partial charge in [-0.2, -0.15) is 0 Å². The zero-order valence-electron chi connectivity index (χ0n) is 16.0. The molecule has 0 aromatic heterocycles. The third-order valence-electron chi connectivity index (χ3n) is 7.08. The molecule has 2 fully saturated rings. The van der Waals surface area contributed by atoms with Crippen LogP contribution in [0.3, 0.4) is 0 Å². The van der Waals surface area contributed by atoms with Gasteiger partial charge in [-0.25, -0.2) is 0 Å². The Morgan fingerprint density at radius 3 is 2.73 bits per heavy atom. The molecular weight excluding hydrogens is 324 g/mol. The van der Waals surface area contributed by atoms with Crippen LogP contribution in [-0.2, 0) is 16.6 Å². The molecule has 1 aromatic rings. The minimum Gasteiger partial charge on any atom is -0.366 e. The highest BCUT2D eigenvalue weighted by Crippen LogP contribution is 2.50. The van der Waals surface area contributed by atoms with Gasteiger partial charge in [-0.3, -0.25) is 14.5 Å². The second kappa shape index (κ2) is 6.49. The van der Waals surface area contributed by atoms with Crippen molar-refractivity contribution in [3.8, 4) is 0 Å². The van der Waals surface area contributed by atoms with Crippen molar-refractivity contribution in [2.45, 2.75) is 63.8 Å². The summed E-state index contributed by atoms with van der Waals surface area (Å²) < 4.78 is 0. The first-order valence-electron chi connectivity index (χ1n) is 10.1. The normalized spacial score (nSPS) is 30.8. The van der Waals surface area contributed by atoms with E-state index in [-0.39, 0.29) is 11.3 Å². The summed E-state index contributed by atoms with van der Waals surface area (Å²) in [6, 6.07) is 6.39. The van der Waals surface area contributed by atoms with Crippen molar-refractivity contribution in [2.75, 3.05) is 13.1 Å². The lowest BCUT2D eigenvalue weighted by Crippen LogP contribution is -2.55. The van der Waals surface area contributed by atoms with Crippen molar-refractivity contribution in [3.63, 3.8) is 0 Å². The predicted molar refractivity (Wildman–Crippen MR) is 102 cm³/mol. The number of Topliss-reactive ketones (excluding diaryl/α,β-unsaturated/α-hetero) is 1. The van der Waals surface area contributed by atoms with E-state index < -0.39 is 0 Å². The fourth-order valence-electron chi connectivity index (χ4n) is 5.50. The molecule has 4 heteroatoms. The van der Waals surface area contributed by atoms with Crippen LogP contribution in [0, 0.1) is 11.8 Å². The number of ketones is 1. The van der Waals surface area contributed by atoms with Crippen molar-refractivity contribution >= 4 is 11.7 Å². The molecule has 140 valence electrons. The van der Waals surface area contributed by atoms with Gasteiger partial charge in [-0.1, -0.05) is 19.9 Å². The van der Waals surface area contributed by atoms with E-state index in [4.69, 9.17) is 5.73 Å². The molecule has 3 atom stereocenters. The summed E-state index contributed by atoms with van der Waals surface area (Å²) in [6.07, 6.45) is 5.99. The van der Waals surface area contributed by atoms with Gasteiger partial charge in [0.2, 0.25) is 5.91 Å². The molecule has 0 heterocycles. The molecule has 1 amide bonds. The molecule has 0 spiro atoms. The number of nitrogens with zero attached hydrogens (tertiary/aromatic N) is 1. The van der Waals surface area contributed by atoms with Crippen LogP contribution in [0.15, 0.2) is 18.2 Å². The van der Waals surface area contributed by atoms with E-state index in [1.54, 1.807) is 0 Å². The molecule has 2 N–H and O–H groups in total. The molecule has 0 aliphatic heterocycles. The quantitative estimate of drug-likeness (QED) is 0.884. The van der Waals surface area contributed by atoms with E-state index in [1.807, 2.05) is 12.1 Å². The topological polar surface area (TPSA) is 63.4 Å². The summed E-state index contributed by atoms with van der Waals surface area (Å²) >= 11 is 0. The van der Waals surface area contributed by atoms with E-state index in [1.165, 1.54) is 30.5 Å². The first kappa shape index (κ1) is 17.7. The summed E-state index contributed by atoms with van der Waals surface area (Å²) in [7, 11) is 0. The van der Waals surface area contributed by atoms with Gasteiger partial charge in [0.15, 0.2) is 0 Å². The predicted octanol–water partition coefficient (Wildman–Crippen LogP) is 3.07. The standard InChI is InChI=1S/C22H30N2O2/c1-3-24(13-14-4-5-14)20-11-15-6-7-16(21(23)26)10-19(15)22(2)12-17(25)8-9-18(20)22/h6-7,10,14,18,20H,3-5,8-9,11-13H2,1-2H3,(H2,23,26)/t18-,20+,22-/m0/s1.